The van der Waals surface area contributed by atoms with Crippen LogP contribution in [0.3, 0.4) is 0 Å². The molecule has 0 radical (unpaired) electrons. The van der Waals surface area contributed by atoms with Gasteiger partial charge in [0.15, 0.2) is 5.78 Å². The van der Waals surface area contributed by atoms with E-state index < -0.39 is 0 Å². The Morgan fingerprint density at radius 3 is 2.15 bits per heavy atom. The number of nitrogens with zero attached hydrogens (tertiary/aromatic N) is 1. The number of rotatable bonds is 9. The second-order valence-corrected chi connectivity index (χ2v) is 8.79. The standard InChI is InChI=1S/C24H37NO2/c1-18(2)8-6-5-7-9-23(26)25-16-14-21(15-17-25)20-10-12-22(13-11-20)24(27)19(3)4/h10-13,18-19,21H,5-9,14-17H2,1-4H3. The number of benzene rings is 1. The third-order valence-electron chi connectivity index (χ3n) is 5.71. The fraction of sp³-hybridized carbons (Fsp3) is 0.667. The summed E-state index contributed by atoms with van der Waals surface area (Å²) < 4.78 is 0. The van der Waals surface area contributed by atoms with Crippen LogP contribution < -0.4 is 0 Å². The number of amides is 1. The molecule has 3 heteroatoms. The Balaban J connectivity index is 1.74. The molecule has 0 spiro atoms. The van der Waals surface area contributed by atoms with Crippen molar-refractivity contribution in [3.63, 3.8) is 0 Å². The molecule has 0 bridgehead atoms. The number of ketones is 1. The molecule has 27 heavy (non-hydrogen) atoms. The summed E-state index contributed by atoms with van der Waals surface area (Å²) in [6, 6.07) is 8.14. The van der Waals surface area contributed by atoms with Gasteiger partial charge in [-0.05, 0) is 36.7 Å². The Kier molecular flexibility index (Phi) is 8.53. The lowest BCUT2D eigenvalue weighted by atomic mass is 9.88. The van der Waals surface area contributed by atoms with Crippen LogP contribution in [0.5, 0.6) is 0 Å². The molecule has 0 aromatic heterocycles. The first-order valence-corrected chi connectivity index (χ1v) is 10.8. The van der Waals surface area contributed by atoms with Gasteiger partial charge in [-0.3, -0.25) is 9.59 Å². The molecule has 0 unspecified atom stereocenters. The minimum atomic E-state index is 0.0375. The summed E-state index contributed by atoms with van der Waals surface area (Å²) in [6.07, 6.45) is 7.45. The highest BCUT2D eigenvalue weighted by Gasteiger charge is 2.23. The predicted molar refractivity (Wildman–Crippen MR) is 112 cm³/mol. The van der Waals surface area contributed by atoms with Crippen molar-refractivity contribution in [2.45, 2.75) is 78.6 Å². The van der Waals surface area contributed by atoms with E-state index >= 15 is 0 Å². The summed E-state index contributed by atoms with van der Waals surface area (Å²) in [4.78, 5) is 26.5. The molecule has 150 valence electrons. The summed E-state index contributed by atoms with van der Waals surface area (Å²) in [5, 5.41) is 0. The van der Waals surface area contributed by atoms with Gasteiger partial charge in [0, 0.05) is 31.0 Å². The molecule has 1 amide bonds. The van der Waals surface area contributed by atoms with E-state index in [2.05, 4.69) is 30.9 Å². The Morgan fingerprint density at radius 1 is 0.963 bits per heavy atom. The van der Waals surface area contributed by atoms with Gasteiger partial charge in [-0.15, -0.1) is 0 Å². The van der Waals surface area contributed by atoms with Gasteiger partial charge >= 0.3 is 0 Å². The Hall–Kier alpha value is -1.64. The summed E-state index contributed by atoms with van der Waals surface area (Å²) in [7, 11) is 0. The number of hydrogen-bond acceptors (Lipinski definition) is 2. The first-order chi connectivity index (χ1) is 12.9. The molecule has 0 aliphatic carbocycles. The van der Waals surface area contributed by atoms with Gasteiger partial charge in [0.25, 0.3) is 0 Å². The van der Waals surface area contributed by atoms with Gasteiger partial charge in [0.2, 0.25) is 5.91 Å². The maximum Gasteiger partial charge on any atom is 0.222 e. The molecule has 3 nitrogen and oxygen atoms in total. The molecule has 2 rings (SSSR count). The molecular formula is C24H37NO2. The number of unbranched alkanes of at least 4 members (excludes halogenated alkanes) is 2. The van der Waals surface area contributed by atoms with Gasteiger partial charge < -0.3 is 4.90 Å². The van der Waals surface area contributed by atoms with E-state index in [0.29, 0.717) is 18.2 Å². The van der Waals surface area contributed by atoms with Crippen molar-refractivity contribution < 1.29 is 9.59 Å². The van der Waals surface area contributed by atoms with E-state index in [0.717, 1.165) is 43.8 Å². The topological polar surface area (TPSA) is 37.4 Å². The number of hydrogen-bond donors (Lipinski definition) is 0. The van der Waals surface area contributed by atoms with Crippen LogP contribution in [0.15, 0.2) is 24.3 Å². The average Bonchev–Trinajstić information content (AvgIpc) is 2.67. The molecule has 1 fully saturated rings. The van der Waals surface area contributed by atoms with E-state index in [1.807, 2.05) is 26.0 Å². The number of likely N-dealkylation sites (tertiary alicyclic amines) is 1. The van der Waals surface area contributed by atoms with Crippen LogP contribution in [0.4, 0.5) is 0 Å². The van der Waals surface area contributed by atoms with Crippen LogP contribution in [0.1, 0.15) is 94.5 Å². The first kappa shape index (κ1) is 21.7. The Morgan fingerprint density at radius 2 is 1.59 bits per heavy atom. The molecule has 0 saturated carbocycles. The minimum absolute atomic E-state index is 0.0375. The van der Waals surface area contributed by atoms with E-state index in [1.54, 1.807) is 0 Å². The predicted octanol–water partition coefficient (Wildman–Crippen LogP) is 5.84. The van der Waals surface area contributed by atoms with Crippen molar-refractivity contribution >= 4 is 11.7 Å². The maximum absolute atomic E-state index is 12.4. The summed E-state index contributed by atoms with van der Waals surface area (Å²) in [6.45, 7) is 10.1. The molecule has 1 aliphatic heterocycles. The molecule has 0 atom stereocenters. The highest BCUT2D eigenvalue weighted by atomic mass is 16.2. The molecule has 1 saturated heterocycles. The first-order valence-electron chi connectivity index (χ1n) is 10.8. The third kappa shape index (κ3) is 6.79. The van der Waals surface area contributed by atoms with Crippen molar-refractivity contribution in [3.05, 3.63) is 35.4 Å². The van der Waals surface area contributed by atoms with E-state index in [4.69, 9.17) is 0 Å². The highest BCUT2D eigenvalue weighted by Crippen LogP contribution is 2.29. The van der Waals surface area contributed by atoms with Gasteiger partial charge in [-0.1, -0.05) is 71.2 Å². The van der Waals surface area contributed by atoms with Crippen molar-refractivity contribution in [3.8, 4) is 0 Å². The van der Waals surface area contributed by atoms with Crippen LogP contribution in [0, 0.1) is 11.8 Å². The number of piperidine rings is 1. The van der Waals surface area contributed by atoms with Crippen LogP contribution in [0.2, 0.25) is 0 Å². The highest BCUT2D eigenvalue weighted by molar-refractivity contribution is 5.97. The number of carbonyl (C=O) groups is 2. The zero-order valence-electron chi connectivity index (χ0n) is 17.7. The largest absolute Gasteiger partial charge is 0.343 e. The lowest BCUT2D eigenvalue weighted by molar-refractivity contribution is -0.132. The Bertz CT molecular complexity index is 595. The van der Waals surface area contributed by atoms with Gasteiger partial charge in [-0.2, -0.15) is 0 Å². The molecule has 1 heterocycles. The van der Waals surface area contributed by atoms with E-state index in [-0.39, 0.29) is 11.7 Å². The van der Waals surface area contributed by atoms with Crippen molar-refractivity contribution in [2.24, 2.45) is 11.8 Å². The van der Waals surface area contributed by atoms with Crippen LogP contribution >= 0.6 is 0 Å². The average molecular weight is 372 g/mol. The lowest BCUT2D eigenvalue weighted by Crippen LogP contribution is -2.37. The monoisotopic (exact) mass is 371 g/mol. The summed E-state index contributed by atoms with van der Waals surface area (Å²) >= 11 is 0. The second kappa shape index (κ2) is 10.6. The zero-order valence-corrected chi connectivity index (χ0v) is 17.7. The number of carbonyl (C=O) groups excluding carboxylic acids is 2. The van der Waals surface area contributed by atoms with Crippen LogP contribution in [-0.4, -0.2) is 29.7 Å². The SMILES string of the molecule is CC(C)CCCCCC(=O)N1CCC(c2ccc(C(=O)C(C)C)cc2)CC1. The quantitative estimate of drug-likeness (QED) is 0.404. The maximum atomic E-state index is 12.4. The number of Topliss-reactive ketones (excluding diaryl/α,β-unsaturated/α-hetero) is 1. The zero-order chi connectivity index (χ0) is 19.8. The molecular weight excluding hydrogens is 334 g/mol. The van der Waals surface area contributed by atoms with Crippen molar-refractivity contribution in [2.75, 3.05) is 13.1 Å². The lowest BCUT2D eigenvalue weighted by Gasteiger charge is -2.32. The fourth-order valence-electron chi connectivity index (χ4n) is 3.88. The van der Waals surface area contributed by atoms with Gasteiger partial charge in [0.1, 0.15) is 0 Å². The molecule has 1 aromatic carbocycles. The molecule has 0 N–H and O–H groups in total. The second-order valence-electron chi connectivity index (χ2n) is 8.79. The van der Waals surface area contributed by atoms with Crippen LogP contribution in [0.25, 0.3) is 0 Å². The summed E-state index contributed by atoms with van der Waals surface area (Å²) in [5.74, 6) is 1.84. The van der Waals surface area contributed by atoms with E-state index in [1.165, 1.54) is 24.8 Å². The molecule has 1 aromatic rings. The van der Waals surface area contributed by atoms with Gasteiger partial charge in [-0.25, -0.2) is 0 Å². The molecule has 1 aliphatic rings. The normalized spacial score (nSPS) is 15.6. The minimum Gasteiger partial charge on any atom is -0.343 e. The van der Waals surface area contributed by atoms with Crippen LogP contribution in [-0.2, 0) is 4.79 Å². The van der Waals surface area contributed by atoms with Crippen molar-refractivity contribution in [1.82, 2.24) is 4.90 Å². The van der Waals surface area contributed by atoms with Crippen molar-refractivity contribution in [1.29, 1.82) is 0 Å². The smallest absolute Gasteiger partial charge is 0.222 e. The van der Waals surface area contributed by atoms with E-state index in [9.17, 15) is 9.59 Å². The Labute approximate surface area is 165 Å². The van der Waals surface area contributed by atoms with Gasteiger partial charge in [0.05, 0.1) is 0 Å². The summed E-state index contributed by atoms with van der Waals surface area (Å²) in [5.41, 5.74) is 2.11. The third-order valence-corrected chi connectivity index (χ3v) is 5.71. The fourth-order valence-corrected chi connectivity index (χ4v) is 3.88.